The summed E-state index contributed by atoms with van der Waals surface area (Å²) in [5, 5.41) is 7.90. The zero-order chi connectivity index (χ0) is 15.6. The number of hydrogen-bond acceptors (Lipinski definition) is 4. The van der Waals surface area contributed by atoms with Crippen LogP contribution in [-0.2, 0) is 5.41 Å². The van der Waals surface area contributed by atoms with Gasteiger partial charge in [-0.1, -0.05) is 27.7 Å². The number of anilines is 1. The minimum atomic E-state index is 0.0429. The van der Waals surface area contributed by atoms with Crippen LogP contribution in [0.5, 0.6) is 0 Å². The molecule has 5 nitrogen and oxygen atoms in total. The van der Waals surface area contributed by atoms with E-state index in [0.717, 1.165) is 30.1 Å². The lowest BCUT2D eigenvalue weighted by Gasteiger charge is -2.22. The molecule has 2 aromatic heterocycles. The maximum atomic E-state index is 4.68. The van der Waals surface area contributed by atoms with Gasteiger partial charge in [0.15, 0.2) is 5.82 Å². The van der Waals surface area contributed by atoms with E-state index < -0.39 is 0 Å². The summed E-state index contributed by atoms with van der Waals surface area (Å²) in [7, 11) is 4.08. The van der Waals surface area contributed by atoms with E-state index in [0.29, 0.717) is 5.92 Å². The van der Waals surface area contributed by atoms with Crippen molar-refractivity contribution in [1.82, 2.24) is 19.9 Å². The van der Waals surface area contributed by atoms with Crippen LogP contribution in [0.15, 0.2) is 18.5 Å². The first-order chi connectivity index (χ1) is 9.82. The summed E-state index contributed by atoms with van der Waals surface area (Å²) in [6.45, 7) is 10.7. The van der Waals surface area contributed by atoms with Gasteiger partial charge in [0.05, 0.1) is 5.69 Å². The minimum absolute atomic E-state index is 0.0429. The van der Waals surface area contributed by atoms with Crippen LogP contribution in [0.1, 0.15) is 33.4 Å². The van der Waals surface area contributed by atoms with Gasteiger partial charge in [-0.25, -0.2) is 9.50 Å². The molecule has 0 bridgehead atoms. The molecule has 0 saturated heterocycles. The molecule has 1 atom stereocenters. The molecule has 0 fully saturated rings. The summed E-state index contributed by atoms with van der Waals surface area (Å²) in [5.74, 6) is 1.55. The molecule has 1 N–H and O–H groups in total. The number of hydrogen-bond donors (Lipinski definition) is 1. The Morgan fingerprint density at radius 1 is 1.38 bits per heavy atom. The minimum Gasteiger partial charge on any atom is -0.358 e. The van der Waals surface area contributed by atoms with E-state index in [1.807, 2.05) is 24.0 Å². The van der Waals surface area contributed by atoms with E-state index in [4.69, 9.17) is 0 Å². The summed E-state index contributed by atoms with van der Waals surface area (Å²) in [5.41, 5.74) is 2.20. The van der Waals surface area contributed by atoms with Crippen molar-refractivity contribution in [3.63, 3.8) is 0 Å². The molecule has 0 aliphatic heterocycles. The highest BCUT2D eigenvalue weighted by Crippen LogP contribution is 2.26. The first-order valence-corrected chi connectivity index (χ1v) is 7.53. The topological polar surface area (TPSA) is 45.5 Å². The van der Waals surface area contributed by atoms with Gasteiger partial charge in [0.2, 0.25) is 0 Å². The van der Waals surface area contributed by atoms with Crippen LogP contribution in [0.3, 0.4) is 0 Å². The van der Waals surface area contributed by atoms with Crippen molar-refractivity contribution < 1.29 is 0 Å². The lowest BCUT2D eigenvalue weighted by atomic mass is 9.92. The molecule has 0 spiro atoms. The first-order valence-electron chi connectivity index (χ1n) is 7.53. The van der Waals surface area contributed by atoms with Gasteiger partial charge in [0, 0.05) is 31.4 Å². The molecule has 1 unspecified atom stereocenters. The predicted octanol–water partition coefficient (Wildman–Crippen LogP) is 2.32. The summed E-state index contributed by atoms with van der Waals surface area (Å²) >= 11 is 0. The van der Waals surface area contributed by atoms with Gasteiger partial charge in [0.25, 0.3) is 0 Å². The van der Waals surface area contributed by atoms with E-state index in [9.17, 15) is 0 Å². The summed E-state index contributed by atoms with van der Waals surface area (Å²) in [6, 6.07) is 2.15. The maximum absolute atomic E-state index is 4.68. The van der Waals surface area contributed by atoms with Gasteiger partial charge in [0.1, 0.15) is 5.52 Å². The van der Waals surface area contributed by atoms with Crippen LogP contribution >= 0.6 is 0 Å². The quantitative estimate of drug-likeness (QED) is 0.917. The number of nitrogens with zero attached hydrogens (tertiary/aromatic N) is 4. The van der Waals surface area contributed by atoms with Gasteiger partial charge in [-0.15, -0.1) is 0 Å². The van der Waals surface area contributed by atoms with Crippen molar-refractivity contribution in [2.75, 3.05) is 32.1 Å². The molecule has 21 heavy (non-hydrogen) atoms. The summed E-state index contributed by atoms with van der Waals surface area (Å²) in [4.78, 5) is 6.77. The Morgan fingerprint density at radius 3 is 2.71 bits per heavy atom. The Morgan fingerprint density at radius 2 is 2.10 bits per heavy atom. The molecular formula is C16H27N5. The van der Waals surface area contributed by atoms with Crippen molar-refractivity contribution >= 4 is 11.3 Å². The molecule has 2 aromatic rings. The standard InChI is InChI=1S/C16H27N5/c1-12(10-17-5)11-20(6)15-13-9-14(16(2,3)4)19-21(13)8-7-18-15/h7-9,12,17H,10-11H2,1-6H3. The van der Waals surface area contributed by atoms with Crippen LogP contribution in [0, 0.1) is 5.92 Å². The van der Waals surface area contributed by atoms with Crippen LogP contribution in [0.25, 0.3) is 5.52 Å². The van der Waals surface area contributed by atoms with Gasteiger partial charge < -0.3 is 10.2 Å². The second kappa shape index (κ2) is 6.02. The van der Waals surface area contributed by atoms with E-state index >= 15 is 0 Å². The molecule has 0 amide bonds. The lowest BCUT2D eigenvalue weighted by Crippen LogP contribution is -2.30. The maximum Gasteiger partial charge on any atom is 0.154 e. The third-order valence-corrected chi connectivity index (χ3v) is 3.64. The number of fused-ring (bicyclic) bond motifs is 1. The van der Waals surface area contributed by atoms with Crippen LogP contribution in [0.4, 0.5) is 5.82 Å². The number of aromatic nitrogens is 3. The first kappa shape index (κ1) is 15.8. The van der Waals surface area contributed by atoms with Crippen molar-refractivity contribution in [1.29, 1.82) is 0 Å². The zero-order valence-corrected chi connectivity index (χ0v) is 14.0. The average molecular weight is 289 g/mol. The number of rotatable bonds is 5. The van der Waals surface area contributed by atoms with E-state index in [1.54, 1.807) is 0 Å². The third-order valence-electron chi connectivity index (χ3n) is 3.64. The van der Waals surface area contributed by atoms with Crippen molar-refractivity contribution in [2.45, 2.75) is 33.1 Å². The Balaban J connectivity index is 2.33. The Kier molecular flexibility index (Phi) is 4.52. The molecule has 5 heteroatoms. The molecule has 2 heterocycles. The molecule has 0 saturated carbocycles. The second-order valence-electron chi connectivity index (χ2n) is 6.90. The van der Waals surface area contributed by atoms with Crippen molar-refractivity contribution in [3.05, 3.63) is 24.2 Å². The fourth-order valence-corrected chi connectivity index (χ4v) is 2.54. The molecule has 0 aliphatic carbocycles. The highest BCUT2D eigenvalue weighted by Gasteiger charge is 2.20. The Bertz CT molecular complexity index is 596. The molecule has 0 radical (unpaired) electrons. The zero-order valence-electron chi connectivity index (χ0n) is 14.0. The average Bonchev–Trinajstić information content (AvgIpc) is 2.82. The van der Waals surface area contributed by atoms with Crippen molar-refractivity contribution in [2.24, 2.45) is 5.92 Å². The van der Waals surface area contributed by atoms with E-state index in [1.165, 1.54) is 0 Å². The highest BCUT2D eigenvalue weighted by atomic mass is 15.3. The summed E-state index contributed by atoms with van der Waals surface area (Å²) in [6.07, 6.45) is 3.74. The fourth-order valence-electron chi connectivity index (χ4n) is 2.54. The van der Waals surface area contributed by atoms with E-state index in [-0.39, 0.29) is 5.41 Å². The lowest BCUT2D eigenvalue weighted by molar-refractivity contribution is 0.541. The molecular weight excluding hydrogens is 262 g/mol. The highest BCUT2D eigenvalue weighted by molar-refractivity contribution is 5.69. The fraction of sp³-hybridized carbons (Fsp3) is 0.625. The Labute approximate surface area is 127 Å². The van der Waals surface area contributed by atoms with Crippen LogP contribution in [0.2, 0.25) is 0 Å². The molecule has 0 aromatic carbocycles. The molecule has 0 aliphatic rings. The smallest absolute Gasteiger partial charge is 0.154 e. The van der Waals surface area contributed by atoms with Gasteiger partial charge >= 0.3 is 0 Å². The van der Waals surface area contributed by atoms with Crippen molar-refractivity contribution in [3.8, 4) is 0 Å². The third kappa shape index (κ3) is 3.53. The molecule has 2 rings (SSSR count). The monoisotopic (exact) mass is 289 g/mol. The predicted molar refractivity (Wildman–Crippen MR) is 88.0 cm³/mol. The summed E-state index contributed by atoms with van der Waals surface area (Å²) < 4.78 is 1.93. The number of nitrogens with one attached hydrogen (secondary N) is 1. The Hall–Kier alpha value is -1.62. The SMILES string of the molecule is CNCC(C)CN(C)c1nccn2nc(C(C)(C)C)cc12. The normalized spacial score (nSPS) is 13.6. The van der Waals surface area contributed by atoms with Crippen LogP contribution in [-0.4, -0.2) is 41.8 Å². The molecule has 116 valence electrons. The van der Waals surface area contributed by atoms with Crippen LogP contribution < -0.4 is 10.2 Å². The van der Waals surface area contributed by atoms with Gasteiger partial charge in [-0.05, 0) is 25.6 Å². The second-order valence-corrected chi connectivity index (χ2v) is 6.90. The van der Waals surface area contributed by atoms with E-state index in [2.05, 4.69) is 61.1 Å². The van der Waals surface area contributed by atoms with Gasteiger partial charge in [-0.2, -0.15) is 5.10 Å². The largest absolute Gasteiger partial charge is 0.358 e. The van der Waals surface area contributed by atoms with Gasteiger partial charge in [-0.3, -0.25) is 0 Å².